The van der Waals surface area contributed by atoms with Crippen LogP contribution in [0.3, 0.4) is 0 Å². The van der Waals surface area contributed by atoms with Crippen molar-refractivity contribution in [3.05, 3.63) is 59.0 Å². The molecule has 128 valence electrons. The molecule has 0 amide bonds. The summed E-state index contributed by atoms with van der Waals surface area (Å²) < 4.78 is 5.16. The van der Waals surface area contributed by atoms with Gasteiger partial charge in [-0.3, -0.25) is 9.30 Å². The molecule has 6 rings (SSSR count). The molecule has 5 aromatic rings. The van der Waals surface area contributed by atoms with Crippen molar-refractivity contribution in [3.63, 3.8) is 0 Å². The molecule has 0 N–H and O–H groups in total. The molecule has 0 radical (unpaired) electrons. The summed E-state index contributed by atoms with van der Waals surface area (Å²) in [6.45, 7) is 2.97. The van der Waals surface area contributed by atoms with E-state index >= 15 is 0 Å². The van der Waals surface area contributed by atoms with Gasteiger partial charge in [0.15, 0.2) is 5.65 Å². The normalized spacial score (nSPS) is 15.2. The van der Waals surface area contributed by atoms with Gasteiger partial charge in [0.05, 0.1) is 10.2 Å². The van der Waals surface area contributed by atoms with Crippen LogP contribution in [-0.4, -0.2) is 40.6 Å². The van der Waals surface area contributed by atoms with Crippen molar-refractivity contribution in [2.45, 2.75) is 19.5 Å². The maximum Gasteiger partial charge on any atom is 0.242 e. The van der Waals surface area contributed by atoms with Crippen LogP contribution in [0.2, 0.25) is 0 Å². The smallest absolute Gasteiger partial charge is 0.242 e. The van der Waals surface area contributed by atoms with E-state index in [9.17, 15) is 0 Å². The highest BCUT2D eigenvalue weighted by Gasteiger charge is 2.25. The lowest BCUT2D eigenvalue weighted by molar-refractivity contribution is 0.248. The third-order valence-corrected chi connectivity index (χ3v) is 6.36. The van der Waals surface area contributed by atoms with Crippen LogP contribution in [0.1, 0.15) is 16.0 Å². The van der Waals surface area contributed by atoms with Gasteiger partial charge < -0.3 is 0 Å². The molecule has 4 aromatic heterocycles. The zero-order valence-corrected chi connectivity index (χ0v) is 14.7. The largest absolute Gasteiger partial charge is 0.294 e. The van der Waals surface area contributed by atoms with Crippen LogP contribution < -0.4 is 0 Å². The van der Waals surface area contributed by atoms with Crippen molar-refractivity contribution in [1.29, 1.82) is 0 Å². The molecule has 1 aliphatic heterocycles. The molecule has 0 bridgehead atoms. The second-order valence-corrected chi connectivity index (χ2v) is 7.76. The zero-order valence-electron chi connectivity index (χ0n) is 13.9. The number of fused-ring (bicyclic) bond motifs is 8. The number of hydrogen-bond donors (Lipinski definition) is 0. The van der Waals surface area contributed by atoms with Crippen molar-refractivity contribution in [3.8, 4) is 0 Å². The molecule has 0 saturated heterocycles. The van der Waals surface area contributed by atoms with Crippen molar-refractivity contribution >= 4 is 33.0 Å². The number of thiophene rings is 1. The van der Waals surface area contributed by atoms with Gasteiger partial charge in [0, 0.05) is 30.1 Å². The van der Waals surface area contributed by atoms with Crippen LogP contribution in [0.25, 0.3) is 21.6 Å². The monoisotopic (exact) mass is 361 g/mol. The Hall–Kier alpha value is -2.84. The number of hydrogen-bond acceptors (Lipinski definition) is 6. The Morgan fingerprint density at radius 2 is 1.85 bits per heavy atom. The Bertz CT molecular complexity index is 1250. The van der Waals surface area contributed by atoms with Crippen LogP contribution in [0, 0.1) is 0 Å². The lowest BCUT2D eigenvalue weighted by Crippen LogP contribution is -2.29. The van der Waals surface area contributed by atoms with Crippen molar-refractivity contribution in [2.75, 3.05) is 6.54 Å². The average molecular weight is 361 g/mol. The van der Waals surface area contributed by atoms with E-state index in [4.69, 9.17) is 0 Å². The van der Waals surface area contributed by atoms with Gasteiger partial charge in [-0.25, -0.2) is 4.40 Å². The summed E-state index contributed by atoms with van der Waals surface area (Å²) in [5.74, 6) is 0.762. The van der Waals surface area contributed by atoms with Crippen LogP contribution >= 0.6 is 11.3 Å². The second-order valence-electron chi connectivity index (χ2n) is 6.65. The van der Waals surface area contributed by atoms with Crippen LogP contribution in [-0.2, 0) is 19.5 Å². The molecule has 0 saturated carbocycles. The molecule has 0 fully saturated rings. The minimum atomic E-state index is 0.762. The summed E-state index contributed by atoms with van der Waals surface area (Å²) in [5, 5.41) is 16.8. The third kappa shape index (κ3) is 1.96. The van der Waals surface area contributed by atoms with Crippen molar-refractivity contribution < 1.29 is 0 Å². The fraction of sp³-hybridized carbons (Fsp3) is 0.222. The fourth-order valence-electron chi connectivity index (χ4n) is 3.90. The first-order chi connectivity index (χ1) is 12.9. The first kappa shape index (κ1) is 14.3. The first-order valence-electron chi connectivity index (χ1n) is 8.60. The van der Waals surface area contributed by atoms with E-state index in [1.54, 1.807) is 12.7 Å². The molecule has 0 spiro atoms. The highest BCUT2D eigenvalue weighted by atomic mass is 32.1. The highest BCUT2D eigenvalue weighted by molar-refractivity contribution is 7.20. The lowest BCUT2D eigenvalue weighted by atomic mass is 10.1. The summed E-state index contributed by atoms with van der Waals surface area (Å²) in [5.41, 5.74) is 4.78. The predicted octanol–water partition coefficient (Wildman–Crippen LogP) is 2.55. The van der Waals surface area contributed by atoms with Gasteiger partial charge in [0.25, 0.3) is 0 Å². The molecule has 0 atom stereocenters. The summed E-state index contributed by atoms with van der Waals surface area (Å²) in [4.78, 5) is 3.95. The summed E-state index contributed by atoms with van der Waals surface area (Å²) in [6.07, 6.45) is 4.56. The summed E-state index contributed by atoms with van der Waals surface area (Å²) in [7, 11) is 0. The molecule has 1 aromatic carbocycles. The van der Waals surface area contributed by atoms with Gasteiger partial charge in [-0.05, 0) is 12.0 Å². The average Bonchev–Trinajstić information content (AvgIpc) is 3.39. The van der Waals surface area contributed by atoms with Crippen molar-refractivity contribution in [2.24, 2.45) is 0 Å². The Labute approximate surface area is 152 Å². The molecule has 0 aliphatic carbocycles. The predicted molar refractivity (Wildman–Crippen MR) is 99.2 cm³/mol. The number of benzene rings is 1. The van der Waals surface area contributed by atoms with Gasteiger partial charge in [0.1, 0.15) is 12.7 Å². The minimum absolute atomic E-state index is 0.762. The van der Waals surface area contributed by atoms with E-state index in [0.717, 1.165) is 37.5 Å². The molecule has 0 unspecified atom stereocenters. The van der Waals surface area contributed by atoms with Gasteiger partial charge in [-0.1, -0.05) is 30.3 Å². The Kier molecular flexibility index (Phi) is 2.94. The van der Waals surface area contributed by atoms with E-state index in [1.165, 1.54) is 26.2 Å². The highest BCUT2D eigenvalue weighted by Crippen LogP contribution is 2.37. The zero-order chi connectivity index (χ0) is 17.1. The maximum absolute atomic E-state index is 4.34. The lowest BCUT2D eigenvalue weighted by Gasteiger charge is -2.27. The van der Waals surface area contributed by atoms with Gasteiger partial charge >= 0.3 is 0 Å². The molecule has 5 heterocycles. The number of rotatable bonds is 2. The first-order valence-corrected chi connectivity index (χ1v) is 9.42. The van der Waals surface area contributed by atoms with Crippen molar-refractivity contribution in [1.82, 2.24) is 34.1 Å². The fourth-order valence-corrected chi connectivity index (χ4v) is 5.17. The Morgan fingerprint density at radius 1 is 1.00 bits per heavy atom. The molecular formula is C18H15N7S. The molecule has 1 aliphatic rings. The Balaban J connectivity index is 1.52. The molecular weight excluding hydrogens is 346 g/mol. The van der Waals surface area contributed by atoms with E-state index < -0.39 is 0 Å². The number of aromatic nitrogens is 6. The van der Waals surface area contributed by atoms with E-state index in [2.05, 4.69) is 60.0 Å². The summed E-state index contributed by atoms with van der Waals surface area (Å²) >= 11 is 1.83. The second kappa shape index (κ2) is 5.33. The van der Waals surface area contributed by atoms with Gasteiger partial charge in [-0.2, -0.15) is 0 Å². The summed E-state index contributed by atoms with van der Waals surface area (Å²) in [6, 6.07) is 10.7. The topological polar surface area (TPSA) is 63.6 Å². The third-order valence-electron chi connectivity index (χ3n) is 5.09. The minimum Gasteiger partial charge on any atom is -0.294 e. The quantitative estimate of drug-likeness (QED) is 0.483. The van der Waals surface area contributed by atoms with Crippen LogP contribution in [0.15, 0.2) is 43.0 Å². The maximum atomic E-state index is 4.34. The molecule has 8 heteroatoms. The van der Waals surface area contributed by atoms with E-state index in [0.29, 0.717) is 0 Å². The van der Waals surface area contributed by atoms with E-state index in [1.807, 2.05) is 15.7 Å². The standard InChI is InChI=1S/C18H15N7S/c1-2-4-12(5-3-1)8-23-7-6-14-13(9-23)15-16(26-14)17-21-19-11-25(17)18-22-20-10-24(15)18/h1-5,10-11H,6-9H2. The van der Waals surface area contributed by atoms with Gasteiger partial charge in [0.2, 0.25) is 5.78 Å². The number of nitrogens with zero attached hydrogens (tertiary/aromatic N) is 7. The SMILES string of the molecule is c1ccc(CN2CCc3sc4c5nncn5c5nncn5c4c3C2)cc1. The van der Waals surface area contributed by atoms with Crippen LogP contribution in [0.5, 0.6) is 0 Å². The van der Waals surface area contributed by atoms with E-state index in [-0.39, 0.29) is 0 Å². The molecule has 7 nitrogen and oxygen atoms in total. The Morgan fingerprint density at radius 3 is 2.77 bits per heavy atom. The molecule has 26 heavy (non-hydrogen) atoms. The van der Waals surface area contributed by atoms with Crippen LogP contribution in [0.4, 0.5) is 0 Å². The van der Waals surface area contributed by atoms with Gasteiger partial charge in [-0.15, -0.1) is 31.7 Å².